The number of nitrogen functional groups attached to an aromatic ring is 1. The molecule has 31 heavy (non-hydrogen) atoms. The maximum absolute atomic E-state index is 13.3. The van der Waals surface area contributed by atoms with Crippen LogP contribution in [0.25, 0.3) is 16.5 Å². The summed E-state index contributed by atoms with van der Waals surface area (Å²) in [4.78, 5) is 50.6. The number of carbonyl (C=O) groups excluding carboxylic acids is 3. The average molecular weight is 425 g/mol. The molecular formula is C21H19N3O7. The first kappa shape index (κ1) is 21.5. The third-order valence-electron chi connectivity index (χ3n) is 4.49. The molecule has 0 saturated carbocycles. The molecule has 0 spiro atoms. The Hall–Kier alpha value is -4.21. The number of carbonyl (C=O) groups is 3. The summed E-state index contributed by atoms with van der Waals surface area (Å²) in [6.07, 6.45) is 0. The maximum atomic E-state index is 13.3. The molecule has 10 heteroatoms. The van der Waals surface area contributed by atoms with Crippen LogP contribution in [0.3, 0.4) is 0 Å². The Morgan fingerprint density at radius 3 is 2.26 bits per heavy atom. The Labute approximate surface area is 176 Å². The Morgan fingerprint density at radius 2 is 1.68 bits per heavy atom. The predicted octanol–water partition coefficient (Wildman–Crippen LogP) is 1.72. The molecular weight excluding hydrogens is 406 g/mol. The summed E-state index contributed by atoms with van der Waals surface area (Å²) in [5.41, 5.74) is 4.62. The van der Waals surface area contributed by atoms with Gasteiger partial charge in [-0.05, 0) is 25.1 Å². The zero-order valence-corrected chi connectivity index (χ0v) is 17.0. The third-order valence-corrected chi connectivity index (χ3v) is 4.49. The minimum absolute atomic E-state index is 0.0477. The van der Waals surface area contributed by atoms with Gasteiger partial charge in [-0.15, -0.1) is 0 Å². The number of methoxy groups -OCH3 is 2. The lowest BCUT2D eigenvalue weighted by atomic mass is 9.98. The molecule has 0 saturated heterocycles. The van der Waals surface area contributed by atoms with Gasteiger partial charge in [-0.25, -0.2) is 14.4 Å². The Morgan fingerprint density at radius 1 is 1.03 bits per heavy atom. The molecule has 2 aromatic carbocycles. The fourth-order valence-electron chi connectivity index (χ4n) is 3.11. The number of hydrogen-bond donors (Lipinski definition) is 1. The normalized spacial score (nSPS) is 10.5. The highest BCUT2D eigenvalue weighted by atomic mass is 16.5. The second kappa shape index (κ2) is 8.66. The van der Waals surface area contributed by atoms with E-state index in [0.29, 0.717) is 5.69 Å². The highest BCUT2D eigenvalue weighted by Crippen LogP contribution is 2.29. The van der Waals surface area contributed by atoms with Crippen LogP contribution >= 0.6 is 0 Å². The lowest BCUT2D eigenvalue weighted by Gasteiger charge is -2.15. The van der Waals surface area contributed by atoms with Crippen LogP contribution in [0.15, 0.2) is 41.2 Å². The van der Waals surface area contributed by atoms with Crippen LogP contribution < -0.4 is 11.3 Å². The van der Waals surface area contributed by atoms with Crippen molar-refractivity contribution >= 4 is 34.4 Å². The number of ether oxygens (including phenoxy) is 3. The van der Waals surface area contributed by atoms with Crippen molar-refractivity contribution in [2.24, 2.45) is 0 Å². The molecule has 0 aliphatic carbocycles. The molecule has 0 aliphatic rings. The first-order chi connectivity index (χ1) is 14.8. The molecule has 3 rings (SSSR count). The van der Waals surface area contributed by atoms with Gasteiger partial charge in [-0.3, -0.25) is 4.79 Å². The zero-order valence-electron chi connectivity index (χ0n) is 17.0. The van der Waals surface area contributed by atoms with E-state index in [2.05, 4.69) is 5.10 Å². The standard InChI is InChI=1S/C21H19N3O7/c1-4-31-21(28)17-12-10-13(19(26)29-2)15(20(27)30-3)16(22)14(12)18(25)24(23-17)11-8-6-5-7-9-11/h5-10H,4,22H2,1-3H3. The van der Waals surface area contributed by atoms with Crippen LogP contribution in [0, 0.1) is 0 Å². The van der Waals surface area contributed by atoms with Crippen molar-refractivity contribution in [3.05, 3.63) is 63.6 Å². The second-order valence-corrected chi connectivity index (χ2v) is 6.24. The summed E-state index contributed by atoms with van der Waals surface area (Å²) in [6.45, 7) is 1.66. The van der Waals surface area contributed by atoms with Crippen molar-refractivity contribution in [1.82, 2.24) is 9.78 Å². The van der Waals surface area contributed by atoms with Crippen LogP contribution in [-0.2, 0) is 14.2 Å². The lowest BCUT2D eigenvalue weighted by molar-refractivity contribution is 0.0518. The highest BCUT2D eigenvalue weighted by Gasteiger charge is 2.29. The summed E-state index contributed by atoms with van der Waals surface area (Å²) in [5.74, 6) is -2.69. The first-order valence-corrected chi connectivity index (χ1v) is 9.14. The number of fused-ring (bicyclic) bond motifs is 1. The van der Waals surface area contributed by atoms with Crippen LogP contribution in [0.2, 0.25) is 0 Å². The topological polar surface area (TPSA) is 140 Å². The van der Waals surface area contributed by atoms with Gasteiger partial charge >= 0.3 is 17.9 Å². The number of nitrogens with two attached hydrogens (primary N) is 1. The smallest absolute Gasteiger partial charge is 0.359 e. The zero-order chi connectivity index (χ0) is 22.7. The van der Waals surface area contributed by atoms with Crippen molar-refractivity contribution < 1.29 is 28.6 Å². The summed E-state index contributed by atoms with van der Waals surface area (Å²) in [7, 11) is 2.22. The van der Waals surface area contributed by atoms with E-state index >= 15 is 0 Å². The summed E-state index contributed by atoms with van der Waals surface area (Å²) in [6, 6.07) is 9.47. The van der Waals surface area contributed by atoms with Gasteiger partial charge in [-0.1, -0.05) is 18.2 Å². The molecule has 10 nitrogen and oxygen atoms in total. The van der Waals surface area contributed by atoms with Crippen molar-refractivity contribution in [1.29, 1.82) is 0 Å². The molecule has 160 valence electrons. The fourth-order valence-corrected chi connectivity index (χ4v) is 3.11. The van der Waals surface area contributed by atoms with Gasteiger partial charge in [0.05, 0.1) is 48.7 Å². The van der Waals surface area contributed by atoms with E-state index in [0.717, 1.165) is 25.0 Å². The van der Waals surface area contributed by atoms with E-state index in [1.165, 1.54) is 0 Å². The van der Waals surface area contributed by atoms with E-state index in [1.807, 2.05) is 0 Å². The van der Waals surface area contributed by atoms with Crippen molar-refractivity contribution in [3.8, 4) is 5.69 Å². The van der Waals surface area contributed by atoms with E-state index in [4.69, 9.17) is 19.9 Å². The number of nitrogens with zero attached hydrogens (tertiary/aromatic N) is 2. The van der Waals surface area contributed by atoms with Gasteiger partial charge in [0.15, 0.2) is 5.69 Å². The van der Waals surface area contributed by atoms with Gasteiger partial charge in [0.1, 0.15) is 0 Å². The molecule has 0 aliphatic heterocycles. The minimum atomic E-state index is -0.944. The van der Waals surface area contributed by atoms with Crippen molar-refractivity contribution in [3.63, 3.8) is 0 Å². The quantitative estimate of drug-likeness (QED) is 0.367. The van der Waals surface area contributed by atoms with Gasteiger partial charge in [-0.2, -0.15) is 9.78 Å². The number of anilines is 1. The number of aromatic nitrogens is 2. The van der Waals surface area contributed by atoms with Crippen LogP contribution in [0.4, 0.5) is 5.69 Å². The van der Waals surface area contributed by atoms with Crippen LogP contribution in [0.5, 0.6) is 0 Å². The SMILES string of the molecule is CCOC(=O)c1nn(-c2ccccc2)c(=O)c2c(N)c(C(=O)OC)c(C(=O)OC)cc12. The molecule has 3 aromatic rings. The average Bonchev–Trinajstić information content (AvgIpc) is 2.78. The summed E-state index contributed by atoms with van der Waals surface area (Å²) in [5, 5.41) is 3.92. The molecule has 0 atom stereocenters. The molecule has 0 bridgehead atoms. The summed E-state index contributed by atoms with van der Waals surface area (Å²) < 4.78 is 15.5. The Kier molecular flexibility index (Phi) is 6.00. The predicted molar refractivity (Wildman–Crippen MR) is 110 cm³/mol. The summed E-state index contributed by atoms with van der Waals surface area (Å²) >= 11 is 0. The maximum Gasteiger partial charge on any atom is 0.359 e. The van der Waals surface area contributed by atoms with E-state index in [1.54, 1.807) is 37.3 Å². The number of hydrogen-bond acceptors (Lipinski definition) is 9. The molecule has 0 amide bonds. The molecule has 2 N–H and O–H groups in total. The van der Waals surface area contributed by atoms with Crippen molar-refractivity contribution in [2.45, 2.75) is 6.92 Å². The molecule has 0 unspecified atom stereocenters. The number of rotatable bonds is 5. The van der Waals surface area contributed by atoms with E-state index in [9.17, 15) is 19.2 Å². The van der Waals surface area contributed by atoms with Crippen LogP contribution in [-0.4, -0.2) is 48.5 Å². The first-order valence-electron chi connectivity index (χ1n) is 9.14. The molecule has 0 fully saturated rings. The molecule has 0 radical (unpaired) electrons. The molecule has 1 aromatic heterocycles. The lowest BCUT2D eigenvalue weighted by Crippen LogP contribution is -2.27. The van der Waals surface area contributed by atoms with Gasteiger partial charge in [0.2, 0.25) is 0 Å². The monoisotopic (exact) mass is 425 g/mol. The fraction of sp³-hybridized carbons (Fsp3) is 0.190. The van der Waals surface area contributed by atoms with Crippen LogP contribution in [0.1, 0.15) is 38.1 Å². The Balaban J connectivity index is 2.54. The van der Waals surface area contributed by atoms with E-state index < -0.39 is 23.5 Å². The van der Waals surface area contributed by atoms with Crippen molar-refractivity contribution in [2.75, 3.05) is 26.6 Å². The largest absolute Gasteiger partial charge is 0.465 e. The number of esters is 3. The minimum Gasteiger partial charge on any atom is -0.465 e. The highest BCUT2D eigenvalue weighted by molar-refractivity contribution is 6.16. The third kappa shape index (κ3) is 3.70. The van der Waals surface area contributed by atoms with Gasteiger partial charge in [0.25, 0.3) is 5.56 Å². The van der Waals surface area contributed by atoms with Gasteiger partial charge < -0.3 is 19.9 Å². The van der Waals surface area contributed by atoms with Gasteiger partial charge in [0, 0.05) is 5.39 Å². The Bertz CT molecular complexity index is 1250. The number of para-hydroxylation sites is 1. The van der Waals surface area contributed by atoms with E-state index in [-0.39, 0.29) is 39.9 Å². The number of benzene rings is 2. The molecule has 1 heterocycles. The second-order valence-electron chi connectivity index (χ2n) is 6.24.